The summed E-state index contributed by atoms with van der Waals surface area (Å²) < 4.78 is 0. The zero-order chi connectivity index (χ0) is 9.86. The van der Waals surface area contributed by atoms with Gasteiger partial charge in [-0.3, -0.25) is 0 Å². The Morgan fingerprint density at radius 1 is 1.00 bits per heavy atom. The molecule has 1 aliphatic rings. The van der Waals surface area contributed by atoms with Crippen molar-refractivity contribution >= 4 is 5.69 Å². The summed E-state index contributed by atoms with van der Waals surface area (Å²) in [4.78, 5) is 0. The van der Waals surface area contributed by atoms with Gasteiger partial charge in [0.1, 0.15) is 5.72 Å². The van der Waals surface area contributed by atoms with Crippen LogP contribution >= 0.6 is 0 Å². The van der Waals surface area contributed by atoms with Crippen molar-refractivity contribution in [1.82, 2.24) is 0 Å². The summed E-state index contributed by atoms with van der Waals surface area (Å²) in [6.07, 6.45) is 5.22. The van der Waals surface area contributed by atoms with E-state index in [-0.39, 0.29) is 0 Å². The minimum absolute atomic E-state index is 0.667. The second-order valence-corrected chi connectivity index (χ2v) is 4.08. The van der Waals surface area contributed by atoms with Crippen molar-refractivity contribution in [3.63, 3.8) is 0 Å². The van der Waals surface area contributed by atoms with Gasteiger partial charge in [-0.25, -0.2) is 0 Å². The second kappa shape index (κ2) is 4.01. The van der Waals surface area contributed by atoms with Crippen molar-refractivity contribution in [3.05, 3.63) is 30.3 Å². The third kappa shape index (κ3) is 2.26. The van der Waals surface area contributed by atoms with Crippen LogP contribution in [0.15, 0.2) is 30.3 Å². The zero-order valence-electron chi connectivity index (χ0n) is 8.37. The fourth-order valence-electron chi connectivity index (χ4n) is 2.05. The summed E-state index contributed by atoms with van der Waals surface area (Å²) in [5.74, 6) is 0. The first-order chi connectivity index (χ1) is 6.79. The Labute approximate surface area is 85.0 Å². The van der Waals surface area contributed by atoms with Crippen molar-refractivity contribution in [2.45, 2.75) is 37.8 Å². The molecular formula is C12H17NO. The molecule has 76 valence electrons. The second-order valence-electron chi connectivity index (χ2n) is 4.08. The minimum Gasteiger partial charge on any atom is -0.371 e. The maximum atomic E-state index is 10.2. The van der Waals surface area contributed by atoms with E-state index >= 15 is 0 Å². The van der Waals surface area contributed by atoms with Crippen molar-refractivity contribution in [1.29, 1.82) is 0 Å². The topological polar surface area (TPSA) is 32.3 Å². The van der Waals surface area contributed by atoms with E-state index in [4.69, 9.17) is 0 Å². The van der Waals surface area contributed by atoms with Gasteiger partial charge in [0.2, 0.25) is 0 Å². The average molecular weight is 191 g/mol. The zero-order valence-corrected chi connectivity index (χ0v) is 8.37. The Morgan fingerprint density at radius 2 is 1.64 bits per heavy atom. The average Bonchev–Trinajstić information content (AvgIpc) is 2.19. The Balaban J connectivity index is 2.02. The molecule has 2 nitrogen and oxygen atoms in total. The first-order valence-electron chi connectivity index (χ1n) is 5.34. The van der Waals surface area contributed by atoms with Crippen LogP contribution in [0.4, 0.5) is 5.69 Å². The molecule has 0 radical (unpaired) electrons. The molecule has 1 saturated carbocycles. The molecule has 1 aliphatic carbocycles. The lowest BCUT2D eigenvalue weighted by molar-refractivity contribution is 0.0317. The standard InChI is InChI=1S/C12H17NO/c14-12(9-5-2-6-10-12)13-11-7-3-1-4-8-11/h1,3-4,7-8,13-14H,2,5-6,9-10H2. The lowest BCUT2D eigenvalue weighted by atomic mass is 9.91. The molecule has 0 unspecified atom stereocenters. The summed E-state index contributed by atoms with van der Waals surface area (Å²) in [5, 5.41) is 13.4. The molecule has 0 atom stereocenters. The van der Waals surface area contributed by atoms with Crippen LogP contribution in [0.3, 0.4) is 0 Å². The lowest BCUT2D eigenvalue weighted by Gasteiger charge is -2.33. The van der Waals surface area contributed by atoms with E-state index in [0.717, 1.165) is 31.4 Å². The molecule has 1 aromatic carbocycles. The molecule has 2 heteroatoms. The van der Waals surface area contributed by atoms with Crippen molar-refractivity contribution in [2.75, 3.05) is 5.32 Å². The van der Waals surface area contributed by atoms with E-state index in [0.29, 0.717) is 0 Å². The molecule has 0 amide bonds. The van der Waals surface area contributed by atoms with Crippen molar-refractivity contribution in [3.8, 4) is 0 Å². The molecule has 1 fully saturated rings. The highest BCUT2D eigenvalue weighted by Crippen LogP contribution is 2.29. The van der Waals surface area contributed by atoms with Crippen molar-refractivity contribution in [2.24, 2.45) is 0 Å². The van der Waals surface area contributed by atoms with E-state index in [9.17, 15) is 5.11 Å². The van der Waals surface area contributed by atoms with Crippen LogP contribution in [-0.4, -0.2) is 10.8 Å². The number of nitrogens with one attached hydrogen (secondary N) is 1. The van der Waals surface area contributed by atoms with Gasteiger partial charge in [-0.15, -0.1) is 0 Å². The van der Waals surface area contributed by atoms with Gasteiger partial charge < -0.3 is 10.4 Å². The first-order valence-corrected chi connectivity index (χ1v) is 5.34. The number of anilines is 1. The highest BCUT2D eigenvalue weighted by Gasteiger charge is 2.28. The van der Waals surface area contributed by atoms with Crippen LogP contribution in [-0.2, 0) is 0 Å². The molecule has 0 bridgehead atoms. The monoisotopic (exact) mass is 191 g/mol. The lowest BCUT2D eigenvalue weighted by Crippen LogP contribution is -2.39. The summed E-state index contributed by atoms with van der Waals surface area (Å²) in [6.45, 7) is 0. The molecule has 14 heavy (non-hydrogen) atoms. The van der Waals surface area contributed by atoms with Gasteiger partial charge in [0.25, 0.3) is 0 Å². The highest BCUT2D eigenvalue weighted by atomic mass is 16.3. The van der Waals surface area contributed by atoms with Gasteiger partial charge in [-0.05, 0) is 37.8 Å². The number of para-hydroxylation sites is 1. The molecule has 2 rings (SSSR count). The summed E-state index contributed by atoms with van der Waals surface area (Å²) in [5.41, 5.74) is 0.344. The van der Waals surface area contributed by atoms with Crippen LogP contribution < -0.4 is 5.32 Å². The Hall–Kier alpha value is -1.02. The number of aliphatic hydroxyl groups is 1. The number of benzene rings is 1. The highest BCUT2D eigenvalue weighted by molar-refractivity contribution is 5.44. The molecule has 0 spiro atoms. The summed E-state index contributed by atoms with van der Waals surface area (Å²) in [7, 11) is 0. The minimum atomic E-state index is -0.667. The van der Waals surface area contributed by atoms with Gasteiger partial charge in [0.15, 0.2) is 0 Å². The van der Waals surface area contributed by atoms with Crippen molar-refractivity contribution < 1.29 is 5.11 Å². The van der Waals surface area contributed by atoms with Gasteiger partial charge >= 0.3 is 0 Å². The maximum absolute atomic E-state index is 10.2. The van der Waals surface area contributed by atoms with Gasteiger partial charge in [0.05, 0.1) is 0 Å². The number of rotatable bonds is 2. The van der Waals surface area contributed by atoms with Crippen LogP contribution in [0, 0.1) is 0 Å². The summed E-state index contributed by atoms with van der Waals surface area (Å²) in [6, 6.07) is 9.93. The third-order valence-electron chi connectivity index (χ3n) is 2.83. The van der Waals surface area contributed by atoms with E-state index in [2.05, 4.69) is 5.32 Å². The van der Waals surface area contributed by atoms with E-state index in [1.807, 2.05) is 30.3 Å². The van der Waals surface area contributed by atoms with Crippen LogP contribution in [0.2, 0.25) is 0 Å². The smallest absolute Gasteiger partial charge is 0.135 e. The Kier molecular flexibility index (Phi) is 2.73. The normalized spacial score (nSPS) is 20.4. The first kappa shape index (κ1) is 9.53. The van der Waals surface area contributed by atoms with Crippen LogP contribution in [0.25, 0.3) is 0 Å². The van der Waals surface area contributed by atoms with Gasteiger partial charge in [-0.2, -0.15) is 0 Å². The molecule has 0 saturated heterocycles. The number of hydrogen-bond donors (Lipinski definition) is 2. The largest absolute Gasteiger partial charge is 0.371 e. The van der Waals surface area contributed by atoms with E-state index < -0.39 is 5.72 Å². The predicted octanol–water partition coefficient (Wildman–Crippen LogP) is 2.75. The van der Waals surface area contributed by atoms with Crippen LogP contribution in [0.5, 0.6) is 0 Å². The van der Waals surface area contributed by atoms with Gasteiger partial charge in [-0.1, -0.05) is 24.6 Å². The Bertz CT molecular complexity index is 278. The molecular weight excluding hydrogens is 174 g/mol. The van der Waals surface area contributed by atoms with Crippen LogP contribution in [0.1, 0.15) is 32.1 Å². The van der Waals surface area contributed by atoms with Gasteiger partial charge in [0, 0.05) is 5.69 Å². The van der Waals surface area contributed by atoms with E-state index in [1.165, 1.54) is 6.42 Å². The molecule has 0 aromatic heterocycles. The SMILES string of the molecule is OC1(Nc2ccccc2)CCCCC1. The molecule has 1 aromatic rings. The predicted molar refractivity (Wildman–Crippen MR) is 58.1 cm³/mol. The fourth-order valence-corrected chi connectivity index (χ4v) is 2.05. The third-order valence-corrected chi connectivity index (χ3v) is 2.83. The Morgan fingerprint density at radius 3 is 2.29 bits per heavy atom. The fraction of sp³-hybridized carbons (Fsp3) is 0.500. The molecule has 2 N–H and O–H groups in total. The van der Waals surface area contributed by atoms with E-state index in [1.54, 1.807) is 0 Å². The summed E-state index contributed by atoms with van der Waals surface area (Å²) >= 11 is 0. The molecule has 0 aliphatic heterocycles. The number of hydrogen-bond acceptors (Lipinski definition) is 2. The quantitative estimate of drug-likeness (QED) is 0.704. The maximum Gasteiger partial charge on any atom is 0.135 e. The molecule has 0 heterocycles.